The number of hydrogen-bond acceptors (Lipinski definition) is 9. The maximum absolute atomic E-state index is 13.6. The van der Waals surface area contributed by atoms with E-state index in [1.165, 1.54) is 18.5 Å². The molecule has 2 N–H and O–H groups in total. The summed E-state index contributed by atoms with van der Waals surface area (Å²) in [7, 11) is 1.59. The molecule has 0 bridgehead atoms. The van der Waals surface area contributed by atoms with Crippen LogP contribution < -0.4 is 25.0 Å². The van der Waals surface area contributed by atoms with Crippen LogP contribution in [0.5, 0.6) is 11.5 Å². The third kappa shape index (κ3) is 7.30. The van der Waals surface area contributed by atoms with Crippen LogP contribution in [0.15, 0.2) is 60.9 Å². The Balaban J connectivity index is 1.01. The molecule has 3 amide bonds. The Bertz CT molecular complexity index is 1730. The van der Waals surface area contributed by atoms with E-state index in [2.05, 4.69) is 30.4 Å². The number of ether oxygens (including phenoxy) is 2. The van der Waals surface area contributed by atoms with Crippen molar-refractivity contribution in [3.05, 3.63) is 77.3 Å². The third-order valence-electron chi connectivity index (χ3n) is 8.17. The molecular formula is C33H35ClFN7O4. The van der Waals surface area contributed by atoms with Crippen molar-refractivity contribution >= 4 is 51.6 Å². The van der Waals surface area contributed by atoms with Gasteiger partial charge in [-0.05, 0) is 42.3 Å². The largest absolute Gasteiger partial charge is 0.493 e. The topological polar surface area (TPSA) is 112 Å². The molecule has 4 aromatic rings. The van der Waals surface area contributed by atoms with Gasteiger partial charge >= 0.3 is 6.03 Å². The number of nitrogens with zero attached hydrogens (tertiary/aromatic N) is 5. The van der Waals surface area contributed by atoms with Crippen LogP contribution in [-0.2, 0) is 11.3 Å². The first kappa shape index (κ1) is 31.5. The Morgan fingerprint density at radius 1 is 0.978 bits per heavy atom. The molecule has 13 heteroatoms. The van der Waals surface area contributed by atoms with Gasteiger partial charge in [0.1, 0.15) is 18.0 Å². The number of methoxy groups -OCH3 is 1. The van der Waals surface area contributed by atoms with Crippen molar-refractivity contribution in [3.8, 4) is 11.5 Å². The van der Waals surface area contributed by atoms with Crippen LogP contribution in [0.3, 0.4) is 0 Å². The van der Waals surface area contributed by atoms with Gasteiger partial charge < -0.3 is 19.7 Å². The Labute approximate surface area is 271 Å². The minimum absolute atomic E-state index is 0.0174. The molecule has 1 aromatic heterocycles. The Hall–Kier alpha value is -4.52. The van der Waals surface area contributed by atoms with Crippen molar-refractivity contribution in [2.24, 2.45) is 0 Å². The summed E-state index contributed by atoms with van der Waals surface area (Å²) in [5.41, 5.74) is 3.19. The van der Waals surface area contributed by atoms with E-state index in [1.54, 1.807) is 18.1 Å². The van der Waals surface area contributed by atoms with Crippen LogP contribution in [0.2, 0.25) is 5.02 Å². The molecule has 0 unspecified atom stereocenters. The van der Waals surface area contributed by atoms with Crippen molar-refractivity contribution < 1.29 is 23.5 Å². The number of rotatable bonds is 11. The number of carbonyl (C=O) groups is 2. The van der Waals surface area contributed by atoms with Crippen LogP contribution in [0.4, 0.5) is 26.4 Å². The quantitative estimate of drug-likeness (QED) is 0.212. The standard InChI is InChI=1S/C33H35ClFN7O4/c1-45-29-19-27-24(32(37-21-36-27)38-23-7-8-26(35)25(34)17-23)18-30(29)46-16-4-10-40-12-14-41(15-13-40)20-22-5-2-3-6-28(22)42-11-9-31(43)39-33(42)44/h2-3,5-8,17-19,21H,4,9-16,20H2,1H3,(H,36,37,38)(H,39,43,44). The SMILES string of the molecule is COc1cc2ncnc(Nc3ccc(F)c(Cl)c3)c2cc1OCCCN1CCN(Cc2ccccc2N2CCC(=O)NC2=O)CC1. The lowest BCUT2D eigenvalue weighted by Gasteiger charge is -2.36. The number of urea groups is 1. The van der Waals surface area contributed by atoms with Gasteiger partial charge in [0.15, 0.2) is 11.5 Å². The summed E-state index contributed by atoms with van der Waals surface area (Å²) in [6.45, 7) is 6.20. The summed E-state index contributed by atoms with van der Waals surface area (Å²) in [6, 6.07) is 15.6. The number of imide groups is 1. The van der Waals surface area contributed by atoms with Crippen LogP contribution in [0.1, 0.15) is 18.4 Å². The lowest BCUT2D eigenvalue weighted by atomic mass is 10.1. The molecule has 240 valence electrons. The summed E-state index contributed by atoms with van der Waals surface area (Å²) in [6.07, 6.45) is 2.58. The van der Waals surface area contributed by atoms with E-state index in [0.717, 1.165) is 62.3 Å². The molecule has 2 fully saturated rings. The van der Waals surface area contributed by atoms with Crippen molar-refractivity contribution in [1.29, 1.82) is 0 Å². The Morgan fingerprint density at radius 3 is 2.57 bits per heavy atom. The van der Waals surface area contributed by atoms with Gasteiger partial charge in [-0.2, -0.15) is 0 Å². The molecule has 0 saturated carbocycles. The highest BCUT2D eigenvalue weighted by Gasteiger charge is 2.27. The molecule has 0 spiro atoms. The molecular weight excluding hydrogens is 613 g/mol. The van der Waals surface area contributed by atoms with E-state index < -0.39 is 5.82 Å². The number of anilines is 3. The van der Waals surface area contributed by atoms with Gasteiger partial charge in [-0.1, -0.05) is 29.8 Å². The number of para-hydroxylation sites is 1. The first-order valence-corrected chi connectivity index (χ1v) is 15.6. The second-order valence-corrected chi connectivity index (χ2v) is 11.6. The zero-order valence-electron chi connectivity index (χ0n) is 25.5. The zero-order valence-corrected chi connectivity index (χ0v) is 26.2. The fraction of sp³-hybridized carbons (Fsp3) is 0.333. The molecule has 0 radical (unpaired) electrons. The maximum atomic E-state index is 13.6. The van der Waals surface area contributed by atoms with Crippen LogP contribution >= 0.6 is 11.6 Å². The number of aromatic nitrogens is 2. The van der Waals surface area contributed by atoms with E-state index in [4.69, 9.17) is 21.1 Å². The van der Waals surface area contributed by atoms with Crippen LogP contribution in [0, 0.1) is 5.82 Å². The Morgan fingerprint density at radius 2 is 1.78 bits per heavy atom. The number of nitrogens with one attached hydrogen (secondary N) is 2. The molecule has 2 aliphatic rings. The third-order valence-corrected chi connectivity index (χ3v) is 8.46. The normalized spacial score (nSPS) is 16.0. The van der Waals surface area contributed by atoms with Gasteiger partial charge in [-0.25, -0.2) is 19.2 Å². The smallest absolute Gasteiger partial charge is 0.328 e. The van der Waals surface area contributed by atoms with Crippen LogP contribution in [0.25, 0.3) is 10.9 Å². The number of halogens is 2. The lowest BCUT2D eigenvalue weighted by Crippen LogP contribution is -2.50. The van der Waals surface area contributed by atoms with E-state index in [0.29, 0.717) is 48.1 Å². The zero-order chi connectivity index (χ0) is 32.0. The van der Waals surface area contributed by atoms with Gasteiger partial charge in [0.25, 0.3) is 0 Å². The highest BCUT2D eigenvalue weighted by atomic mass is 35.5. The van der Waals surface area contributed by atoms with E-state index >= 15 is 0 Å². The van der Waals surface area contributed by atoms with Gasteiger partial charge in [-0.15, -0.1) is 0 Å². The number of hydrogen-bond donors (Lipinski definition) is 2. The summed E-state index contributed by atoms with van der Waals surface area (Å²) in [4.78, 5) is 39.3. The molecule has 3 aromatic carbocycles. The molecule has 2 saturated heterocycles. The number of piperazine rings is 1. The number of benzene rings is 3. The first-order valence-electron chi connectivity index (χ1n) is 15.2. The highest BCUT2D eigenvalue weighted by molar-refractivity contribution is 6.31. The summed E-state index contributed by atoms with van der Waals surface area (Å²) < 4.78 is 25.4. The summed E-state index contributed by atoms with van der Waals surface area (Å²) in [5.74, 6) is 0.968. The lowest BCUT2D eigenvalue weighted by molar-refractivity contribution is -0.120. The van der Waals surface area contributed by atoms with Gasteiger partial charge in [0.2, 0.25) is 5.91 Å². The predicted molar refractivity (Wildman–Crippen MR) is 175 cm³/mol. The van der Waals surface area contributed by atoms with E-state index in [1.807, 2.05) is 36.4 Å². The molecule has 6 rings (SSSR count). The highest BCUT2D eigenvalue weighted by Crippen LogP contribution is 2.35. The van der Waals surface area contributed by atoms with E-state index in [-0.39, 0.29) is 17.0 Å². The van der Waals surface area contributed by atoms with Gasteiger partial charge in [0, 0.05) is 75.1 Å². The fourth-order valence-corrected chi connectivity index (χ4v) is 5.91. The monoisotopic (exact) mass is 647 g/mol. The first-order chi connectivity index (χ1) is 22.4. The average molecular weight is 648 g/mol. The predicted octanol–water partition coefficient (Wildman–Crippen LogP) is 5.21. The molecule has 46 heavy (non-hydrogen) atoms. The van der Waals surface area contributed by atoms with Crippen molar-refractivity contribution in [2.75, 3.05) is 63.2 Å². The number of fused-ring (bicyclic) bond motifs is 1. The van der Waals surface area contributed by atoms with Gasteiger partial charge in [-0.3, -0.25) is 19.9 Å². The molecule has 3 heterocycles. The Kier molecular flexibility index (Phi) is 9.76. The minimum atomic E-state index is -0.492. The van der Waals surface area contributed by atoms with E-state index in [9.17, 15) is 14.0 Å². The number of carbonyl (C=O) groups excluding carboxylic acids is 2. The molecule has 0 atom stereocenters. The molecule has 0 aliphatic carbocycles. The van der Waals surface area contributed by atoms with Crippen molar-refractivity contribution in [1.82, 2.24) is 25.1 Å². The summed E-state index contributed by atoms with van der Waals surface area (Å²) >= 11 is 5.96. The molecule has 2 aliphatic heterocycles. The molecule has 11 nitrogen and oxygen atoms in total. The van der Waals surface area contributed by atoms with Crippen molar-refractivity contribution in [3.63, 3.8) is 0 Å². The number of amides is 3. The fourth-order valence-electron chi connectivity index (χ4n) is 5.73. The van der Waals surface area contributed by atoms with Gasteiger partial charge in [0.05, 0.1) is 24.3 Å². The van der Waals surface area contributed by atoms with Crippen LogP contribution in [-0.4, -0.2) is 84.7 Å². The van der Waals surface area contributed by atoms with Crippen molar-refractivity contribution in [2.45, 2.75) is 19.4 Å². The summed E-state index contributed by atoms with van der Waals surface area (Å²) in [5, 5.41) is 6.35. The second-order valence-electron chi connectivity index (χ2n) is 11.2. The maximum Gasteiger partial charge on any atom is 0.328 e. The minimum Gasteiger partial charge on any atom is -0.493 e. The average Bonchev–Trinajstić information content (AvgIpc) is 3.06. The second kappa shape index (κ2) is 14.3.